The molecule has 0 atom stereocenters. The molecule has 1 aromatic carbocycles. The second kappa shape index (κ2) is 11.1. The van der Waals surface area contributed by atoms with E-state index in [9.17, 15) is 9.90 Å². The lowest BCUT2D eigenvalue weighted by molar-refractivity contribution is -0.136. The van der Waals surface area contributed by atoms with Gasteiger partial charge >= 0.3 is 5.97 Å². The van der Waals surface area contributed by atoms with E-state index in [1.165, 1.54) is 11.1 Å². The molecule has 0 radical (unpaired) electrons. The van der Waals surface area contributed by atoms with Crippen molar-refractivity contribution in [2.45, 2.75) is 73.8 Å². The SMILES string of the molecule is CCOc1ncnc(N2CCc3cc(-c4c(C)nc(C)c(CC(=O)O)c4N4CCC(C)(C)CC4)ccc3C2)c1C. The van der Waals surface area contributed by atoms with Crippen molar-refractivity contribution in [3.05, 3.63) is 58.2 Å². The average Bonchev–Trinajstić information content (AvgIpc) is 2.91. The fourth-order valence-electron chi connectivity index (χ4n) is 6.18. The van der Waals surface area contributed by atoms with Gasteiger partial charge in [0, 0.05) is 48.7 Å². The van der Waals surface area contributed by atoms with Crippen LogP contribution in [0.15, 0.2) is 24.5 Å². The molecule has 2 aliphatic rings. The summed E-state index contributed by atoms with van der Waals surface area (Å²) in [6, 6.07) is 6.70. The molecule has 2 aromatic heterocycles. The van der Waals surface area contributed by atoms with E-state index in [0.717, 1.165) is 90.6 Å². The van der Waals surface area contributed by atoms with Crippen LogP contribution in [-0.4, -0.2) is 52.3 Å². The number of benzene rings is 1. The monoisotopic (exact) mass is 543 g/mol. The molecule has 8 nitrogen and oxygen atoms in total. The first-order valence-corrected chi connectivity index (χ1v) is 14.4. The predicted molar refractivity (Wildman–Crippen MR) is 158 cm³/mol. The number of anilines is 2. The summed E-state index contributed by atoms with van der Waals surface area (Å²) in [4.78, 5) is 30.4. The van der Waals surface area contributed by atoms with E-state index >= 15 is 0 Å². The zero-order valence-electron chi connectivity index (χ0n) is 24.7. The van der Waals surface area contributed by atoms with Crippen LogP contribution in [0.3, 0.4) is 0 Å². The molecule has 0 spiro atoms. The van der Waals surface area contributed by atoms with Gasteiger partial charge in [0.1, 0.15) is 12.1 Å². The molecule has 0 bridgehead atoms. The van der Waals surface area contributed by atoms with E-state index in [-0.39, 0.29) is 6.42 Å². The standard InChI is InChI=1S/C32H41N5O3/c1-7-40-31-20(2)30(33-19-34-31)37-13-10-23-16-24(8-9-25(23)18-37)28-22(4)35-21(3)26(17-27(38)39)29(28)36-14-11-32(5,6)12-15-36/h8-9,16,19H,7,10-15,17-18H2,1-6H3,(H,38,39). The molecule has 3 aromatic rings. The maximum atomic E-state index is 11.9. The first-order valence-electron chi connectivity index (χ1n) is 14.4. The number of fused-ring (bicyclic) bond motifs is 1. The summed E-state index contributed by atoms with van der Waals surface area (Å²) in [5, 5.41) is 9.80. The molecule has 212 valence electrons. The Labute approximate surface area is 237 Å². The largest absolute Gasteiger partial charge is 0.481 e. The summed E-state index contributed by atoms with van der Waals surface area (Å²) < 4.78 is 5.70. The van der Waals surface area contributed by atoms with Crippen LogP contribution in [-0.2, 0) is 24.2 Å². The van der Waals surface area contributed by atoms with Crippen molar-refractivity contribution in [1.82, 2.24) is 15.0 Å². The Morgan fingerprint density at radius 2 is 1.77 bits per heavy atom. The van der Waals surface area contributed by atoms with Gasteiger partial charge in [-0.25, -0.2) is 9.97 Å². The van der Waals surface area contributed by atoms with Crippen molar-refractivity contribution < 1.29 is 14.6 Å². The van der Waals surface area contributed by atoms with Crippen LogP contribution in [0.4, 0.5) is 11.5 Å². The van der Waals surface area contributed by atoms with Crippen LogP contribution in [0.5, 0.6) is 5.88 Å². The summed E-state index contributed by atoms with van der Waals surface area (Å²) >= 11 is 0. The third-order valence-electron chi connectivity index (χ3n) is 8.52. The van der Waals surface area contributed by atoms with Gasteiger partial charge in [-0.3, -0.25) is 9.78 Å². The molecule has 40 heavy (non-hydrogen) atoms. The molecule has 0 saturated carbocycles. The average molecular weight is 544 g/mol. The number of piperidine rings is 1. The topological polar surface area (TPSA) is 91.7 Å². The number of nitrogens with zero attached hydrogens (tertiary/aromatic N) is 5. The van der Waals surface area contributed by atoms with Crippen molar-refractivity contribution >= 4 is 17.5 Å². The Hall–Kier alpha value is -3.68. The lowest BCUT2D eigenvalue weighted by atomic mass is 9.82. The number of rotatable bonds is 7. The second-order valence-electron chi connectivity index (χ2n) is 11.9. The van der Waals surface area contributed by atoms with Crippen LogP contribution in [0.25, 0.3) is 11.1 Å². The van der Waals surface area contributed by atoms with Gasteiger partial charge in [0.2, 0.25) is 5.88 Å². The van der Waals surface area contributed by atoms with Crippen LogP contribution in [0.2, 0.25) is 0 Å². The van der Waals surface area contributed by atoms with Crippen molar-refractivity contribution in [2.24, 2.45) is 5.41 Å². The Bertz CT molecular complexity index is 1420. The van der Waals surface area contributed by atoms with Crippen LogP contribution >= 0.6 is 0 Å². The molecule has 0 aliphatic carbocycles. The molecule has 0 unspecified atom stereocenters. The lowest BCUT2D eigenvalue weighted by Crippen LogP contribution is -2.38. The van der Waals surface area contributed by atoms with Crippen molar-refractivity contribution in [3.8, 4) is 17.0 Å². The lowest BCUT2D eigenvalue weighted by Gasteiger charge is -2.40. The molecule has 0 amide bonds. The molecule has 2 aliphatic heterocycles. The van der Waals surface area contributed by atoms with Gasteiger partial charge in [-0.2, -0.15) is 0 Å². The Kier molecular flexibility index (Phi) is 7.71. The molecule has 5 rings (SSSR count). The zero-order valence-corrected chi connectivity index (χ0v) is 24.7. The Balaban J connectivity index is 1.52. The number of hydrogen-bond donors (Lipinski definition) is 1. The minimum absolute atomic E-state index is 0.0245. The number of aliphatic carboxylic acids is 1. The Morgan fingerprint density at radius 1 is 1.02 bits per heavy atom. The summed E-state index contributed by atoms with van der Waals surface area (Å²) in [6.45, 7) is 16.6. The maximum absolute atomic E-state index is 11.9. The summed E-state index contributed by atoms with van der Waals surface area (Å²) in [5.41, 5.74) is 9.68. The minimum atomic E-state index is -0.823. The van der Waals surface area contributed by atoms with Gasteiger partial charge in [-0.05, 0) is 69.1 Å². The van der Waals surface area contributed by atoms with E-state index in [0.29, 0.717) is 17.9 Å². The smallest absolute Gasteiger partial charge is 0.307 e. The predicted octanol–water partition coefficient (Wildman–Crippen LogP) is 5.68. The fraction of sp³-hybridized carbons (Fsp3) is 0.500. The van der Waals surface area contributed by atoms with Crippen molar-refractivity contribution in [3.63, 3.8) is 0 Å². The molecule has 8 heteroatoms. The summed E-state index contributed by atoms with van der Waals surface area (Å²) in [5.74, 6) is 0.735. The number of carbonyl (C=O) groups is 1. The van der Waals surface area contributed by atoms with E-state index in [1.54, 1.807) is 6.33 Å². The normalized spacial score (nSPS) is 16.6. The van der Waals surface area contributed by atoms with Gasteiger partial charge in [0.15, 0.2) is 0 Å². The number of aryl methyl sites for hydroxylation is 2. The van der Waals surface area contributed by atoms with Gasteiger partial charge in [-0.15, -0.1) is 0 Å². The third-order valence-corrected chi connectivity index (χ3v) is 8.52. The van der Waals surface area contributed by atoms with Crippen LogP contribution < -0.4 is 14.5 Å². The molecule has 4 heterocycles. The number of ether oxygens (including phenoxy) is 1. The van der Waals surface area contributed by atoms with Gasteiger partial charge in [-0.1, -0.05) is 32.0 Å². The highest BCUT2D eigenvalue weighted by atomic mass is 16.5. The first kappa shape index (κ1) is 27.9. The van der Waals surface area contributed by atoms with Crippen LogP contribution in [0, 0.1) is 26.2 Å². The van der Waals surface area contributed by atoms with Gasteiger partial charge in [0.05, 0.1) is 24.3 Å². The molecule has 1 saturated heterocycles. The second-order valence-corrected chi connectivity index (χ2v) is 11.9. The number of pyridine rings is 1. The van der Waals surface area contributed by atoms with E-state index in [2.05, 4.69) is 58.7 Å². The van der Waals surface area contributed by atoms with Crippen LogP contribution in [0.1, 0.15) is 67.3 Å². The highest BCUT2D eigenvalue weighted by Crippen LogP contribution is 2.42. The quantitative estimate of drug-likeness (QED) is 0.407. The van der Waals surface area contributed by atoms with Gasteiger partial charge in [0.25, 0.3) is 0 Å². The van der Waals surface area contributed by atoms with Gasteiger partial charge < -0.3 is 19.6 Å². The van der Waals surface area contributed by atoms with E-state index < -0.39 is 5.97 Å². The highest BCUT2D eigenvalue weighted by molar-refractivity contribution is 5.86. The van der Waals surface area contributed by atoms with Crippen molar-refractivity contribution in [2.75, 3.05) is 36.0 Å². The van der Waals surface area contributed by atoms with E-state index in [4.69, 9.17) is 9.72 Å². The molecule has 1 N–H and O–H groups in total. The number of carboxylic acid groups (broad SMARTS) is 1. The number of hydrogen-bond acceptors (Lipinski definition) is 7. The minimum Gasteiger partial charge on any atom is -0.481 e. The number of aromatic nitrogens is 3. The summed E-state index contributed by atoms with van der Waals surface area (Å²) in [7, 11) is 0. The highest BCUT2D eigenvalue weighted by Gasteiger charge is 2.31. The zero-order chi connectivity index (χ0) is 28.6. The molecular weight excluding hydrogens is 502 g/mol. The molecular formula is C32H41N5O3. The van der Waals surface area contributed by atoms with E-state index in [1.807, 2.05) is 20.8 Å². The van der Waals surface area contributed by atoms with Crippen molar-refractivity contribution in [1.29, 1.82) is 0 Å². The molecule has 1 fully saturated rings. The fourth-order valence-corrected chi connectivity index (χ4v) is 6.18. The first-order chi connectivity index (χ1) is 19.1. The third kappa shape index (κ3) is 5.49. The Morgan fingerprint density at radius 3 is 2.48 bits per heavy atom. The summed E-state index contributed by atoms with van der Waals surface area (Å²) in [6.07, 6.45) is 4.60. The maximum Gasteiger partial charge on any atom is 0.307 e. The number of carboxylic acids is 1.